The molecule has 0 radical (unpaired) electrons. The molecule has 0 nitrogen and oxygen atoms in total. The number of hydrogen-bond acceptors (Lipinski definition) is 0. The molecule has 0 aliphatic rings. The average molecular weight is 449 g/mol. The molecule has 6 rings (SSSR count). The molecule has 0 aromatic heterocycles. The fourth-order valence-electron chi connectivity index (χ4n) is 3.40. The number of fused-ring (bicyclic) bond motifs is 3. The van der Waals surface area contributed by atoms with E-state index in [0.29, 0.717) is 0 Å². The van der Waals surface area contributed by atoms with E-state index in [1.165, 1.54) is 32.3 Å². The van der Waals surface area contributed by atoms with Crippen molar-refractivity contribution in [2.45, 2.75) is 29.7 Å². The van der Waals surface area contributed by atoms with Gasteiger partial charge in [0.25, 0.3) is 0 Å². The number of hydrogen-bond donors (Lipinski definition) is 0. The van der Waals surface area contributed by atoms with Crippen LogP contribution in [0.25, 0.3) is 32.3 Å². The smallest absolute Gasteiger partial charge is 0.0184 e. The normalized spacial score (nSPS) is 8.82. The molecule has 0 aliphatic heterocycles. The Labute approximate surface area is 207 Å². The highest BCUT2D eigenvalue weighted by molar-refractivity contribution is 5.83. The molecule has 0 unspecified atom stereocenters. The third-order valence-electron chi connectivity index (χ3n) is 4.98. The first-order valence-electron chi connectivity index (χ1n) is 10.2. The molecule has 0 atom stereocenters. The topological polar surface area (TPSA) is 0 Å². The van der Waals surface area contributed by atoms with Gasteiger partial charge in [0.2, 0.25) is 0 Å². The molecule has 176 valence electrons. The van der Waals surface area contributed by atoms with Crippen LogP contribution in [0.3, 0.4) is 0 Å². The maximum absolute atomic E-state index is 2.12. The fraction of sp³-hybridized carbons (Fsp3) is 0.118. The second kappa shape index (κ2) is 15.8. The predicted octanol–water partition coefficient (Wildman–Crippen LogP) is 11.1. The van der Waals surface area contributed by atoms with Crippen LogP contribution in [0, 0.1) is 0 Å². The fourth-order valence-corrected chi connectivity index (χ4v) is 3.40. The third kappa shape index (κ3) is 8.22. The monoisotopic (exact) mass is 448 g/mol. The number of benzene rings is 6. The molecular formula is C34H40. The van der Waals surface area contributed by atoms with Crippen LogP contribution in [0.2, 0.25) is 0 Å². The van der Waals surface area contributed by atoms with Crippen LogP contribution in [0.4, 0.5) is 0 Å². The highest BCUT2D eigenvalue weighted by atomic mass is 13.9. The van der Waals surface area contributed by atoms with E-state index in [2.05, 4.69) is 146 Å². The zero-order valence-electron chi connectivity index (χ0n) is 16.9. The molecule has 0 N–H and O–H groups in total. The minimum atomic E-state index is 0. The Hall–Kier alpha value is -3.90. The summed E-state index contributed by atoms with van der Waals surface area (Å²) in [5.74, 6) is 0. The van der Waals surface area contributed by atoms with Gasteiger partial charge < -0.3 is 0 Å². The van der Waals surface area contributed by atoms with E-state index in [0.717, 1.165) is 0 Å². The Morgan fingerprint density at radius 1 is 0.176 bits per heavy atom. The molecule has 0 spiro atoms. The first-order chi connectivity index (χ1) is 14.9. The van der Waals surface area contributed by atoms with Crippen LogP contribution in [-0.2, 0) is 0 Å². The van der Waals surface area contributed by atoms with E-state index in [-0.39, 0.29) is 29.7 Å². The minimum Gasteiger partial charge on any atom is -0.0776 e. The van der Waals surface area contributed by atoms with Gasteiger partial charge in [0.1, 0.15) is 0 Å². The van der Waals surface area contributed by atoms with Gasteiger partial charge in [-0.2, -0.15) is 0 Å². The molecule has 0 heteroatoms. The molecule has 0 bridgehead atoms. The van der Waals surface area contributed by atoms with Gasteiger partial charge in [0, 0.05) is 0 Å². The van der Waals surface area contributed by atoms with Crippen molar-refractivity contribution < 1.29 is 0 Å². The maximum Gasteiger partial charge on any atom is -0.0184 e. The van der Waals surface area contributed by atoms with Crippen LogP contribution in [0.1, 0.15) is 29.7 Å². The summed E-state index contributed by atoms with van der Waals surface area (Å²) in [5.41, 5.74) is 0. The summed E-state index contributed by atoms with van der Waals surface area (Å²) in [5, 5.41) is 7.86. The van der Waals surface area contributed by atoms with Crippen molar-refractivity contribution in [2.75, 3.05) is 0 Å². The zero-order valence-corrected chi connectivity index (χ0v) is 16.9. The average Bonchev–Trinajstić information content (AvgIpc) is 2.85. The third-order valence-corrected chi connectivity index (χ3v) is 4.98. The van der Waals surface area contributed by atoms with Crippen molar-refractivity contribution in [3.8, 4) is 0 Å². The van der Waals surface area contributed by atoms with Crippen molar-refractivity contribution in [1.29, 1.82) is 0 Å². The van der Waals surface area contributed by atoms with Gasteiger partial charge in [-0.15, -0.1) is 0 Å². The van der Waals surface area contributed by atoms with Crippen molar-refractivity contribution in [1.82, 2.24) is 0 Å². The summed E-state index contributed by atoms with van der Waals surface area (Å²) in [6.45, 7) is 0. The van der Waals surface area contributed by atoms with E-state index >= 15 is 0 Å². The Morgan fingerprint density at radius 3 is 0.353 bits per heavy atom. The van der Waals surface area contributed by atoms with Crippen LogP contribution < -0.4 is 0 Å². The van der Waals surface area contributed by atoms with Crippen LogP contribution in [0.5, 0.6) is 0 Å². The minimum absolute atomic E-state index is 0. The standard InChI is InChI=1S/3C10H8.4CH4/c3*1-2-6-10-8-4-3-7-9(10)5-1;;;;/h3*1-8H;4*1H4. The molecule has 0 saturated heterocycles. The van der Waals surface area contributed by atoms with Gasteiger partial charge in [-0.3, -0.25) is 0 Å². The van der Waals surface area contributed by atoms with E-state index < -0.39 is 0 Å². The summed E-state index contributed by atoms with van der Waals surface area (Å²) in [6.07, 6.45) is 0. The highest BCUT2D eigenvalue weighted by Gasteiger charge is 1.86. The van der Waals surface area contributed by atoms with Crippen molar-refractivity contribution >= 4 is 32.3 Å². The largest absolute Gasteiger partial charge is 0.0776 e. The van der Waals surface area contributed by atoms with Gasteiger partial charge in [0.05, 0.1) is 0 Å². The SMILES string of the molecule is C.C.C.C.c1ccc2ccccc2c1.c1ccc2ccccc2c1.c1ccc2ccccc2c1. The summed E-state index contributed by atoms with van der Waals surface area (Å²) in [6, 6.07) is 50.1. The molecule has 6 aromatic carbocycles. The maximum atomic E-state index is 2.12. The molecule has 0 fully saturated rings. The summed E-state index contributed by atoms with van der Waals surface area (Å²) in [4.78, 5) is 0. The lowest BCUT2D eigenvalue weighted by molar-refractivity contribution is 1.75. The summed E-state index contributed by atoms with van der Waals surface area (Å²) < 4.78 is 0. The van der Waals surface area contributed by atoms with Crippen molar-refractivity contribution in [3.63, 3.8) is 0 Å². The quantitative estimate of drug-likeness (QED) is 0.217. The lowest BCUT2D eigenvalue weighted by Gasteiger charge is -1.92. The van der Waals surface area contributed by atoms with Crippen molar-refractivity contribution in [3.05, 3.63) is 146 Å². The van der Waals surface area contributed by atoms with Crippen LogP contribution in [-0.4, -0.2) is 0 Å². The zero-order chi connectivity index (χ0) is 20.4. The Balaban J connectivity index is 0.000000454. The number of rotatable bonds is 0. The Kier molecular flexibility index (Phi) is 14.0. The first kappa shape index (κ1) is 30.1. The lowest BCUT2D eigenvalue weighted by atomic mass is 10.1. The van der Waals surface area contributed by atoms with E-state index in [1.807, 2.05) is 0 Å². The molecule has 34 heavy (non-hydrogen) atoms. The molecule has 0 saturated carbocycles. The highest BCUT2D eigenvalue weighted by Crippen LogP contribution is 2.12. The predicted molar refractivity (Wildman–Crippen MR) is 159 cm³/mol. The Bertz CT molecular complexity index is 982. The summed E-state index contributed by atoms with van der Waals surface area (Å²) in [7, 11) is 0. The molecule has 0 amide bonds. The van der Waals surface area contributed by atoms with Gasteiger partial charge in [-0.1, -0.05) is 175 Å². The van der Waals surface area contributed by atoms with E-state index in [9.17, 15) is 0 Å². The molecule has 0 aliphatic carbocycles. The molecule has 0 heterocycles. The van der Waals surface area contributed by atoms with E-state index in [4.69, 9.17) is 0 Å². The van der Waals surface area contributed by atoms with Crippen LogP contribution in [0.15, 0.2) is 146 Å². The second-order valence-corrected chi connectivity index (χ2v) is 7.04. The first-order valence-corrected chi connectivity index (χ1v) is 10.2. The van der Waals surface area contributed by atoms with Crippen molar-refractivity contribution in [2.24, 2.45) is 0 Å². The summed E-state index contributed by atoms with van der Waals surface area (Å²) >= 11 is 0. The van der Waals surface area contributed by atoms with Gasteiger partial charge in [-0.25, -0.2) is 0 Å². The molecule has 6 aromatic rings. The molecular weight excluding hydrogens is 408 g/mol. The second-order valence-electron chi connectivity index (χ2n) is 7.04. The van der Waals surface area contributed by atoms with Gasteiger partial charge in [0.15, 0.2) is 0 Å². The van der Waals surface area contributed by atoms with Gasteiger partial charge in [-0.05, 0) is 32.3 Å². The van der Waals surface area contributed by atoms with Crippen LogP contribution >= 0.6 is 0 Å². The lowest BCUT2D eigenvalue weighted by Crippen LogP contribution is -1.67. The Morgan fingerprint density at radius 2 is 0.265 bits per heavy atom. The van der Waals surface area contributed by atoms with E-state index in [1.54, 1.807) is 0 Å². The van der Waals surface area contributed by atoms with Gasteiger partial charge >= 0.3 is 0 Å².